The van der Waals surface area contributed by atoms with Gasteiger partial charge in [-0.3, -0.25) is 0 Å². The van der Waals surface area contributed by atoms with Gasteiger partial charge >= 0.3 is 0 Å². The maximum Gasteiger partial charge on any atom is 0.0720 e. The Morgan fingerprint density at radius 1 is 0.338 bits per heavy atom. The molecule has 0 bridgehead atoms. The van der Waals surface area contributed by atoms with E-state index >= 15 is 0 Å². The van der Waals surface area contributed by atoms with Crippen molar-refractivity contribution in [3.05, 3.63) is 282 Å². The summed E-state index contributed by atoms with van der Waals surface area (Å²) in [6.45, 7) is 4.70. The van der Waals surface area contributed by atoms with Crippen LogP contribution >= 0.6 is 0 Å². The molecule has 0 amide bonds. The highest BCUT2D eigenvalue weighted by atomic mass is 15.1. The number of hydrogen-bond acceptors (Lipinski definition) is 1. The molecule has 0 saturated heterocycles. The van der Waals surface area contributed by atoms with Crippen LogP contribution in [0.25, 0.3) is 54.6 Å². The number of benzene rings is 11. The molecule has 0 saturated carbocycles. The Kier molecular flexibility index (Phi) is 9.14. The van der Waals surface area contributed by atoms with Crippen molar-refractivity contribution in [2.24, 2.45) is 0 Å². The summed E-state index contributed by atoms with van der Waals surface area (Å²) in [4.78, 5) is 2.44. The number of anilines is 3. The first-order valence-corrected chi connectivity index (χ1v) is 22.7. The van der Waals surface area contributed by atoms with E-state index in [0.29, 0.717) is 0 Å². The molecule has 12 rings (SSSR count). The van der Waals surface area contributed by atoms with E-state index in [1.165, 1.54) is 88.0 Å². The van der Waals surface area contributed by atoms with Crippen LogP contribution in [0.15, 0.2) is 249 Å². The molecule has 0 aromatic heterocycles. The van der Waals surface area contributed by atoms with E-state index in [1.807, 2.05) is 0 Å². The molecule has 0 aliphatic heterocycles. The molecule has 0 radical (unpaired) electrons. The van der Waals surface area contributed by atoms with Crippen molar-refractivity contribution in [1.29, 1.82) is 0 Å². The molecule has 65 heavy (non-hydrogen) atoms. The van der Waals surface area contributed by atoms with Crippen molar-refractivity contribution in [3.8, 4) is 22.3 Å². The number of hydrogen-bond donors (Lipinski definition) is 0. The van der Waals surface area contributed by atoms with Gasteiger partial charge in [-0.15, -0.1) is 0 Å². The largest absolute Gasteiger partial charge is 0.310 e. The molecule has 11 aromatic rings. The third-order valence-electron chi connectivity index (χ3n) is 14.2. The molecular weight excluding hydrogens is 783 g/mol. The maximum absolute atomic E-state index is 2.48. The predicted octanol–water partition coefficient (Wildman–Crippen LogP) is 17.0. The maximum atomic E-state index is 2.48. The van der Waals surface area contributed by atoms with Crippen molar-refractivity contribution in [3.63, 3.8) is 0 Å². The van der Waals surface area contributed by atoms with Crippen molar-refractivity contribution in [1.82, 2.24) is 0 Å². The second-order valence-electron chi connectivity index (χ2n) is 18.1. The average Bonchev–Trinajstić information content (AvgIpc) is 3.68. The number of fused-ring (bicyclic) bond motifs is 8. The fourth-order valence-corrected chi connectivity index (χ4v) is 10.9. The van der Waals surface area contributed by atoms with Crippen LogP contribution in [-0.2, 0) is 10.8 Å². The van der Waals surface area contributed by atoms with E-state index in [0.717, 1.165) is 17.1 Å². The van der Waals surface area contributed by atoms with Crippen molar-refractivity contribution in [2.75, 3.05) is 4.90 Å². The lowest BCUT2D eigenvalue weighted by Gasteiger charge is -2.35. The Labute approximate surface area is 381 Å². The van der Waals surface area contributed by atoms with Gasteiger partial charge in [0.05, 0.1) is 5.41 Å². The third-order valence-corrected chi connectivity index (χ3v) is 14.2. The van der Waals surface area contributed by atoms with E-state index in [9.17, 15) is 0 Å². The molecule has 0 fully saturated rings. The van der Waals surface area contributed by atoms with Crippen LogP contribution in [0.5, 0.6) is 0 Å². The molecule has 1 aliphatic carbocycles. The molecule has 0 atom stereocenters. The van der Waals surface area contributed by atoms with Crippen molar-refractivity contribution < 1.29 is 0 Å². The minimum absolute atomic E-state index is 0.237. The monoisotopic (exact) mass is 829 g/mol. The molecule has 0 spiro atoms. The summed E-state index contributed by atoms with van der Waals surface area (Å²) in [6.07, 6.45) is 0. The van der Waals surface area contributed by atoms with Crippen LogP contribution in [0, 0.1) is 0 Å². The lowest BCUT2D eigenvalue weighted by molar-refractivity contribution is 0.642. The molecule has 1 nitrogen and oxygen atoms in total. The van der Waals surface area contributed by atoms with Crippen molar-refractivity contribution >= 4 is 49.4 Å². The molecule has 1 aliphatic rings. The molecule has 11 aromatic carbocycles. The summed E-state index contributed by atoms with van der Waals surface area (Å²) >= 11 is 0. The molecule has 0 unspecified atom stereocenters. The van der Waals surface area contributed by atoms with Crippen LogP contribution in [0.1, 0.15) is 47.2 Å². The van der Waals surface area contributed by atoms with Crippen LogP contribution in [0.4, 0.5) is 17.1 Å². The Bertz CT molecular complexity index is 3490. The summed E-state index contributed by atoms with van der Waals surface area (Å²) in [5.74, 6) is 0. The Balaban J connectivity index is 1.04. The fourth-order valence-electron chi connectivity index (χ4n) is 10.9. The highest BCUT2D eigenvalue weighted by molar-refractivity contribution is 6.08. The van der Waals surface area contributed by atoms with E-state index < -0.39 is 5.41 Å². The topological polar surface area (TPSA) is 3.24 Å². The molecule has 0 N–H and O–H groups in total. The van der Waals surface area contributed by atoms with Crippen LogP contribution in [0.2, 0.25) is 0 Å². The predicted molar refractivity (Wildman–Crippen MR) is 275 cm³/mol. The van der Waals surface area contributed by atoms with Gasteiger partial charge < -0.3 is 4.90 Å². The summed E-state index contributed by atoms with van der Waals surface area (Å²) in [7, 11) is 0. The van der Waals surface area contributed by atoms with Gasteiger partial charge in [0.25, 0.3) is 0 Å². The van der Waals surface area contributed by atoms with Gasteiger partial charge in [-0.2, -0.15) is 0 Å². The van der Waals surface area contributed by atoms with E-state index in [2.05, 4.69) is 267 Å². The van der Waals surface area contributed by atoms with Gasteiger partial charge in [0, 0.05) is 22.5 Å². The number of rotatable bonds is 8. The van der Waals surface area contributed by atoms with Gasteiger partial charge in [0.2, 0.25) is 0 Å². The molecule has 0 heterocycles. The SMILES string of the molecule is CC(C)(c1ccc(N(c2ccc(-c3ccccc3)cc2)c2ccc3c(c2)C(c2ccccc2)(c2ccccc2)c2c-3ccc3ccccc23)cc1)c1ccc2ccc3ccccc3c2c1. The smallest absolute Gasteiger partial charge is 0.0720 e. The Morgan fingerprint density at radius 3 is 1.46 bits per heavy atom. The lowest BCUT2D eigenvalue weighted by Crippen LogP contribution is -2.29. The van der Waals surface area contributed by atoms with Gasteiger partial charge in [0.15, 0.2) is 0 Å². The quantitative estimate of drug-likeness (QED) is 0.138. The Hall–Kier alpha value is -8.00. The normalized spacial score (nSPS) is 12.9. The second kappa shape index (κ2) is 15.4. The van der Waals surface area contributed by atoms with E-state index in [4.69, 9.17) is 0 Å². The summed E-state index contributed by atoms with van der Waals surface area (Å²) in [6, 6.07) is 92.2. The van der Waals surface area contributed by atoms with E-state index in [-0.39, 0.29) is 5.41 Å². The first kappa shape index (κ1) is 38.7. The summed E-state index contributed by atoms with van der Waals surface area (Å²) in [5.41, 5.74) is 15.2. The standard InChI is InChI=1S/C64H47N/c1-63(2,52-32-28-48-27-26-46-18-12-14-24-56(46)60(48)42-52)49-33-37-54(38-34-49)65(53-35-29-45(30-36-53)44-16-6-3-7-17-44)55-39-41-58-59-40-31-47-19-13-15-25-57(47)62(59)64(61(58)43-55,50-20-8-4-9-21-50)51-22-10-5-11-23-51/h3-43H,1-2H3. The number of nitrogens with zero attached hydrogens (tertiary/aromatic N) is 1. The molecule has 308 valence electrons. The van der Waals surface area contributed by atoms with E-state index in [1.54, 1.807) is 0 Å². The Morgan fingerprint density at radius 2 is 0.800 bits per heavy atom. The zero-order chi connectivity index (χ0) is 43.5. The summed E-state index contributed by atoms with van der Waals surface area (Å²) < 4.78 is 0. The average molecular weight is 830 g/mol. The van der Waals surface area contributed by atoms with Gasteiger partial charge in [-0.05, 0) is 130 Å². The minimum Gasteiger partial charge on any atom is -0.310 e. The zero-order valence-corrected chi connectivity index (χ0v) is 36.6. The van der Waals surface area contributed by atoms with Gasteiger partial charge in [-0.25, -0.2) is 0 Å². The summed E-state index contributed by atoms with van der Waals surface area (Å²) in [5, 5.41) is 7.65. The second-order valence-corrected chi connectivity index (χ2v) is 18.1. The lowest BCUT2D eigenvalue weighted by atomic mass is 9.66. The van der Waals surface area contributed by atoms with Gasteiger partial charge in [0.1, 0.15) is 0 Å². The minimum atomic E-state index is -0.564. The highest BCUT2D eigenvalue weighted by Crippen LogP contribution is 2.59. The third kappa shape index (κ3) is 6.22. The van der Waals surface area contributed by atoms with Crippen molar-refractivity contribution in [2.45, 2.75) is 24.7 Å². The first-order valence-electron chi connectivity index (χ1n) is 22.7. The van der Waals surface area contributed by atoms with Crippen LogP contribution < -0.4 is 4.90 Å². The zero-order valence-electron chi connectivity index (χ0n) is 36.6. The van der Waals surface area contributed by atoms with Crippen LogP contribution in [0.3, 0.4) is 0 Å². The molecular formula is C64H47N. The fraction of sp³-hybridized carbons (Fsp3) is 0.0625. The van der Waals surface area contributed by atoms with Gasteiger partial charge in [-0.1, -0.05) is 220 Å². The first-order chi connectivity index (χ1) is 32.0. The highest BCUT2D eigenvalue weighted by Gasteiger charge is 2.47. The molecule has 1 heteroatoms. The van der Waals surface area contributed by atoms with Crippen LogP contribution in [-0.4, -0.2) is 0 Å².